The third-order valence-electron chi connectivity index (χ3n) is 5.67. The van der Waals surface area contributed by atoms with E-state index in [1.54, 1.807) is 13.8 Å². The molecule has 3 aliphatic rings. The molecule has 0 aromatic carbocycles. The van der Waals surface area contributed by atoms with E-state index < -0.39 is 47.0 Å². The molecule has 0 amide bonds. The van der Waals surface area contributed by atoms with Crippen LogP contribution in [0.25, 0.3) is 0 Å². The highest BCUT2D eigenvalue weighted by Gasteiger charge is 2.65. The predicted octanol–water partition coefficient (Wildman–Crippen LogP) is 1.49. The van der Waals surface area contributed by atoms with Gasteiger partial charge in [0.05, 0.1) is 11.5 Å². The van der Waals surface area contributed by atoms with E-state index in [2.05, 4.69) is 13.2 Å². The summed E-state index contributed by atoms with van der Waals surface area (Å²) in [7, 11) is 0. The Balaban J connectivity index is 2.08. The lowest BCUT2D eigenvalue weighted by molar-refractivity contribution is -0.187. The van der Waals surface area contributed by atoms with Crippen LogP contribution in [-0.4, -0.2) is 40.6 Å². The van der Waals surface area contributed by atoms with Crippen molar-refractivity contribution in [1.82, 2.24) is 0 Å². The Kier molecular flexibility index (Phi) is 3.80. The average Bonchev–Trinajstić information content (AvgIpc) is 2.78. The first-order chi connectivity index (χ1) is 11.5. The number of rotatable bonds is 2. The zero-order chi connectivity index (χ0) is 18.7. The van der Waals surface area contributed by atoms with Crippen LogP contribution in [0.3, 0.4) is 0 Å². The van der Waals surface area contributed by atoms with E-state index in [1.165, 1.54) is 19.1 Å². The minimum Gasteiger partial charge on any atom is -0.458 e. The Labute approximate surface area is 146 Å². The summed E-state index contributed by atoms with van der Waals surface area (Å²) in [5, 5.41) is 10.8. The van der Waals surface area contributed by atoms with Crippen molar-refractivity contribution in [2.75, 3.05) is 0 Å². The third-order valence-corrected chi connectivity index (χ3v) is 5.67. The van der Waals surface area contributed by atoms with Gasteiger partial charge in [0, 0.05) is 22.5 Å². The molecule has 0 unspecified atom stereocenters. The van der Waals surface area contributed by atoms with Gasteiger partial charge >= 0.3 is 11.9 Å². The molecule has 6 nitrogen and oxygen atoms in total. The average molecular weight is 346 g/mol. The minimum absolute atomic E-state index is 0.173. The van der Waals surface area contributed by atoms with Gasteiger partial charge in [-0.3, -0.25) is 4.79 Å². The SMILES string of the molecule is C=C(C)C(=O)O[C@H]1C[C@@]2(C)C(=O)C=C[C@@](C)(O)[C@@H]2[C@H]2OC(=O)C(=C)[C@@H]21. The summed E-state index contributed by atoms with van der Waals surface area (Å²) >= 11 is 0. The number of hydrogen-bond donors (Lipinski definition) is 1. The van der Waals surface area contributed by atoms with Crippen LogP contribution in [-0.2, 0) is 23.9 Å². The predicted molar refractivity (Wildman–Crippen MR) is 88.2 cm³/mol. The molecule has 0 spiro atoms. The Morgan fingerprint density at radius 1 is 1.40 bits per heavy atom. The molecular formula is C19H22O6. The first kappa shape index (κ1) is 17.6. The summed E-state index contributed by atoms with van der Waals surface area (Å²) < 4.78 is 11.0. The second-order valence-electron chi connectivity index (χ2n) is 7.67. The number of fused-ring (bicyclic) bond motifs is 3. The number of esters is 2. The maximum Gasteiger partial charge on any atom is 0.334 e. The maximum atomic E-state index is 12.6. The number of ketones is 1. The van der Waals surface area contributed by atoms with E-state index in [1.807, 2.05) is 0 Å². The summed E-state index contributed by atoms with van der Waals surface area (Å²) in [4.78, 5) is 36.8. The van der Waals surface area contributed by atoms with Gasteiger partial charge < -0.3 is 14.6 Å². The first-order valence-electron chi connectivity index (χ1n) is 8.21. The van der Waals surface area contributed by atoms with Crippen LogP contribution in [0.15, 0.2) is 36.5 Å². The molecule has 134 valence electrons. The molecule has 3 rings (SSSR count). The van der Waals surface area contributed by atoms with Gasteiger partial charge in [-0.25, -0.2) is 9.59 Å². The molecule has 1 saturated heterocycles. The number of carbonyl (C=O) groups is 3. The molecule has 2 aliphatic carbocycles. The highest BCUT2D eigenvalue weighted by Crippen LogP contribution is 2.56. The third kappa shape index (κ3) is 2.47. The number of carbonyl (C=O) groups excluding carboxylic acids is 3. The zero-order valence-corrected chi connectivity index (χ0v) is 14.6. The van der Waals surface area contributed by atoms with Gasteiger partial charge in [0.25, 0.3) is 0 Å². The van der Waals surface area contributed by atoms with Gasteiger partial charge in [-0.15, -0.1) is 0 Å². The molecule has 25 heavy (non-hydrogen) atoms. The van der Waals surface area contributed by atoms with Crippen molar-refractivity contribution in [3.05, 3.63) is 36.5 Å². The Hall–Kier alpha value is -2.21. The zero-order valence-electron chi connectivity index (χ0n) is 14.6. The lowest BCUT2D eigenvalue weighted by Gasteiger charge is -2.53. The second-order valence-corrected chi connectivity index (χ2v) is 7.67. The normalized spacial score (nSPS) is 42.5. The van der Waals surface area contributed by atoms with Gasteiger partial charge in [0.1, 0.15) is 12.2 Å². The molecule has 0 aromatic rings. The fourth-order valence-electron chi connectivity index (χ4n) is 4.48. The molecule has 0 aromatic heterocycles. The van der Waals surface area contributed by atoms with Crippen molar-refractivity contribution in [3.8, 4) is 0 Å². The van der Waals surface area contributed by atoms with E-state index in [-0.39, 0.29) is 23.4 Å². The van der Waals surface area contributed by atoms with Crippen LogP contribution >= 0.6 is 0 Å². The molecule has 6 heteroatoms. The fourth-order valence-corrected chi connectivity index (χ4v) is 4.48. The van der Waals surface area contributed by atoms with Crippen LogP contribution in [0.1, 0.15) is 27.2 Å². The lowest BCUT2D eigenvalue weighted by atomic mass is 9.53. The second kappa shape index (κ2) is 5.39. The molecule has 0 bridgehead atoms. The van der Waals surface area contributed by atoms with E-state index >= 15 is 0 Å². The Morgan fingerprint density at radius 3 is 2.64 bits per heavy atom. The molecular weight excluding hydrogens is 324 g/mol. The van der Waals surface area contributed by atoms with E-state index in [4.69, 9.17) is 9.47 Å². The van der Waals surface area contributed by atoms with Crippen molar-refractivity contribution in [1.29, 1.82) is 0 Å². The summed E-state index contributed by atoms with van der Waals surface area (Å²) in [6, 6.07) is 0. The minimum atomic E-state index is -1.33. The molecule has 1 heterocycles. The molecule has 1 N–H and O–H groups in total. The number of ether oxygens (including phenoxy) is 2. The highest BCUT2D eigenvalue weighted by molar-refractivity contribution is 5.97. The number of aliphatic hydroxyl groups is 1. The van der Waals surface area contributed by atoms with Gasteiger partial charge in [-0.2, -0.15) is 0 Å². The first-order valence-corrected chi connectivity index (χ1v) is 8.21. The standard InChI is InChI=1S/C19H22O6/c1-9(2)16(21)24-11-8-18(4)12(20)6-7-19(5,23)15(18)14-13(11)10(3)17(22)25-14/h6-7,11,13-15,23H,1,3,8H2,2,4-5H3/t11-,13+,14-,15+,18-,19+/m0/s1. The van der Waals surface area contributed by atoms with Gasteiger partial charge in [0.2, 0.25) is 0 Å². The molecule has 0 radical (unpaired) electrons. The summed E-state index contributed by atoms with van der Waals surface area (Å²) in [5.74, 6) is -2.62. The summed E-state index contributed by atoms with van der Waals surface area (Å²) in [5.41, 5.74) is -1.93. The van der Waals surface area contributed by atoms with E-state index in [9.17, 15) is 19.5 Å². The van der Waals surface area contributed by atoms with Crippen molar-refractivity contribution < 1.29 is 29.0 Å². The molecule has 6 atom stereocenters. The fraction of sp³-hybridized carbons (Fsp3) is 0.526. The van der Waals surface area contributed by atoms with Crippen LogP contribution in [0, 0.1) is 17.3 Å². The quantitative estimate of drug-likeness (QED) is 0.602. The summed E-state index contributed by atoms with van der Waals surface area (Å²) in [6.07, 6.45) is 1.42. The Bertz CT molecular complexity index is 730. The maximum absolute atomic E-state index is 12.6. The van der Waals surface area contributed by atoms with Crippen molar-refractivity contribution in [2.24, 2.45) is 17.3 Å². The van der Waals surface area contributed by atoms with Gasteiger partial charge in [-0.1, -0.05) is 20.1 Å². The molecule has 1 saturated carbocycles. The topological polar surface area (TPSA) is 89.9 Å². The van der Waals surface area contributed by atoms with Crippen LogP contribution < -0.4 is 0 Å². The van der Waals surface area contributed by atoms with Crippen LogP contribution in [0.5, 0.6) is 0 Å². The monoisotopic (exact) mass is 346 g/mol. The van der Waals surface area contributed by atoms with Gasteiger partial charge in [0.15, 0.2) is 5.78 Å². The molecule has 1 aliphatic heterocycles. The lowest BCUT2D eigenvalue weighted by Crippen LogP contribution is -2.62. The van der Waals surface area contributed by atoms with Crippen LogP contribution in [0.4, 0.5) is 0 Å². The van der Waals surface area contributed by atoms with Crippen LogP contribution in [0.2, 0.25) is 0 Å². The number of allylic oxidation sites excluding steroid dienone is 1. The highest BCUT2D eigenvalue weighted by atomic mass is 16.6. The van der Waals surface area contributed by atoms with Crippen molar-refractivity contribution in [3.63, 3.8) is 0 Å². The molecule has 2 fully saturated rings. The summed E-state index contributed by atoms with van der Waals surface area (Å²) in [6.45, 7) is 12.2. The smallest absolute Gasteiger partial charge is 0.334 e. The number of hydrogen-bond acceptors (Lipinski definition) is 6. The largest absolute Gasteiger partial charge is 0.458 e. The Morgan fingerprint density at radius 2 is 2.04 bits per heavy atom. The van der Waals surface area contributed by atoms with Crippen molar-refractivity contribution >= 4 is 17.7 Å². The van der Waals surface area contributed by atoms with E-state index in [0.717, 1.165) is 0 Å². The van der Waals surface area contributed by atoms with E-state index in [0.29, 0.717) is 0 Å². The van der Waals surface area contributed by atoms with Crippen molar-refractivity contribution in [2.45, 2.75) is 45.0 Å². The van der Waals surface area contributed by atoms with Gasteiger partial charge in [-0.05, 0) is 32.4 Å².